The van der Waals surface area contributed by atoms with E-state index in [0.29, 0.717) is 11.3 Å². The molecule has 0 saturated carbocycles. The second-order valence-electron chi connectivity index (χ2n) is 7.47. The molecule has 29 heavy (non-hydrogen) atoms. The van der Waals surface area contributed by atoms with Gasteiger partial charge in [0.05, 0.1) is 12.0 Å². The molecule has 2 amide bonds. The first-order valence-electron chi connectivity index (χ1n) is 9.39. The topological polar surface area (TPSA) is 70.2 Å². The highest BCUT2D eigenvalue weighted by atomic mass is 32.2. The number of aryl methyl sites for hydroxylation is 1. The van der Waals surface area contributed by atoms with Crippen molar-refractivity contribution in [2.24, 2.45) is 0 Å². The molecule has 0 radical (unpaired) electrons. The van der Waals surface area contributed by atoms with Gasteiger partial charge in [-0.2, -0.15) is 4.31 Å². The summed E-state index contributed by atoms with van der Waals surface area (Å²) >= 11 is 0. The molecule has 0 bridgehead atoms. The van der Waals surface area contributed by atoms with Crippen molar-refractivity contribution in [3.8, 4) is 5.75 Å². The zero-order valence-corrected chi connectivity index (χ0v) is 18.2. The maximum absolute atomic E-state index is 13.5. The highest BCUT2D eigenvalue weighted by Gasteiger charge is 2.47. The monoisotopic (exact) mass is 417 g/mol. The lowest BCUT2D eigenvalue weighted by Crippen LogP contribution is -2.44. The minimum atomic E-state index is -3.80. The number of ether oxygens (including phenoxy) is 1. The number of urea groups is 1. The van der Waals surface area contributed by atoms with Crippen LogP contribution in [0.5, 0.6) is 5.75 Å². The van der Waals surface area contributed by atoms with Crippen LogP contribution in [0.1, 0.15) is 24.2 Å². The molecule has 8 heteroatoms. The summed E-state index contributed by atoms with van der Waals surface area (Å²) in [7, 11) is 1.10. The molecule has 3 rings (SSSR count). The van der Waals surface area contributed by atoms with Crippen molar-refractivity contribution in [2.45, 2.75) is 31.0 Å². The Kier molecular flexibility index (Phi) is 5.86. The Balaban J connectivity index is 2.10. The first-order chi connectivity index (χ1) is 13.7. The first kappa shape index (κ1) is 21.1. The third kappa shape index (κ3) is 3.95. The molecular weight excluding hydrogens is 390 g/mol. The summed E-state index contributed by atoms with van der Waals surface area (Å²) < 4.78 is 33.6. The number of hydrogen-bond acceptors (Lipinski definition) is 4. The van der Waals surface area contributed by atoms with E-state index in [1.54, 1.807) is 74.6 Å². The van der Waals surface area contributed by atoms with Crippen LogP contribution in [0, 0.1) is 6.92 Å². The van der Waals surface area contributed by atoms with Crippen molar-refractivity contribution in [1.82, 2.24) is 14.1 Å². The van der Waals surface area contributed by atoms with E-state index in [4.69, 9.17) is 4.74 Å². The van der Waals surface area contributed by atoms with Crippen LogP contribution in [-0.2, 0) is 10.0 Å². The second-order valence-corrected chi connectivity index (χ2v) is 9.36. The summed E-state index contributed by atoms with van der Waals surface area (Å²) in [5.41, 5.74) is 1.69. The van der Waals surface area contributed by atoms with Crippen LogP contribution < -0.4 is 4.74 Å². The van der Waals surface area contributed by atoms with Gasteiger partial charge in [0.1, 0.15) is 11.9 Å². The summed E-state index contributed by atoms with van der Waals surface area (Å²) in [5.74, 6) is 0.665. The van der Waals surface area contributed by atoms with Gasteiger partial charge in [-0.25, -0.2) is 13.2 Å². The summed E-state index contributed by atoms with van der Waals surface area (Å²) in [4.78, 5) is 16.2. The van der Waals surface area contributed by atoms with Crippen LogP contribution in [0.2, 0.25) is 0 Å². The zero-order chi connectivity index (χ0) is 21.3. The Hall–Kier alpha value is -2.58. The SMILES string of the molecule is COc1ccc([C@H]2N(C(=O)N(C)C)[C@@H](C)CN2S(=O)(=O)c2ccc(C)cc2)cc1. The van der Waals surface area contributed by atoms with Crippen molar-refractivity contribution < 1.29 is 17.9 Å². The minimum absolute atomic E-state index is 0.215. The van der Waals surface area contributed by atoms with E-state index in [1.807, 2.05) is 13.8 Å². The molecule has 1 aliphatic rings. The van der Waals surface area contributed by atoms with Gasteiger partial charge >= 0.3 is 6.03 Å². The number of carbonyl (C=O) groups excluding carboxylic acids is 1. The Labute approximate surface area is 172 Å². The van der Waals surface area contributed by atoms with Crippen molar-refractivity contribution in [2.75, 3.05) is 27.7 Å². The summed E-state index contributed by atoms with van der Waals surface area (Å²) in [6.07, 6.45) is -0.739. The zero-order valence-electron chi connectivity index (χ0n) is 17.4. The van der Waals surface area contributed by atoms with Crippen LogP contribution in [0.3, 0.4) is 0 Å². The summed E-state index contributed by atoms with van der Waals surface area (Å²) in [6, 6.07) is 13.4. The quantitative estimate of drug-likeness (QED) is 0.767. The Morgan fingerprint density at radius 2 is 1.66 bits per heavy atom. The second kappa shape index (κ2) is 8.04. The number of rotatable bonds is 4. The molecule has 0 aromatic heterocycles. The van der Waals surface area contributed by atoms with E-state index < -0.39 is 16.2 Å². The normalized spacial score (nSPS) is 20.0. The molecule has 7 nitrogen and oxygen atoms in total. The molecule has 0 unspecified atom stereocenters. The number of nitrogens with zero attached hydrogens (tertiary/aromatic N) is 3. The number of methoxy groups -OCH3 is 1. The molecule has 0 N–H and O–H groups in total. The van der Waals surface area contributed by atoms with Gasteiger partial charge in [-0.3, -0.25) is 4.90 Å². The lowest BCUT2D eigenvalue weighted by atomic mass is 10.1. The number of hydrogen-bond donors (Lipinski definition) is 0. The van der Waals surface area contributed by atoms with E-state index in [0.717, 1.165) is 5.56 Å². The fourth-order valence-electron chi connectivity index (χ4n) is 3.53. The Morgan fingerprint density at radius 3 is 2.17 bits per heavy atom. The Bertz CT molecular complexity index is 972. The van der Waals surface area contributed by atoms with Crippen LogP contribution in [0.25, 0.3) is 0 Å². The molecule has 0 spiro atoms. The van der Waals surface area contributed by atoms with Gasteiger partial charge in [0.25, 0.3) is 0 Å². The number of amides is 2. The van der Waals surface area contributed by atoms with E-state index in [1.165, 1.54) is 9.21 Å². The third-order valence-corrected chi connectivity index (χ3v) is 6.93. The van der Waals surface area contributed by atoms with Crippen LogP contribution in [0.15, 0.2) is 53.4 Å². The van der Waals surface area contributed by atoms with E-state index in [9.17, 15) is 13.2 Å². The highest BCUT2D eigenvalue weighted by Crippen LogP contribution is 2.38. The molecule has 1 fully saturated rings. The van der Waals surface area contributed by atoms with Gasteiger partial charge in [-0.15, -0.1) is 0 Å². The molecular formula is C21H27N3O4S. The first-order valence-corrected chi connectivity index (χ1v) is 10.8. The van der Waals surface area contributed by atoms with Crippen LogP contribution >= 0.6 is 0 Å². The maximum Gasteiger partial charge on any atom is 0.321 e. The largest absolute Gasteiger partial charge is 0.497 e. The number of sulfonamides is 1. The summed E-state index contributed by atoms with van der Waals surface area (Å²) in [6.45, 7) is 3.99. The minimum Gasteiger partial charge on any atom is -0.497 e. The van der Waals surface area contributed by atoms with Gasteiger partial charge in [0.15, 0.2) is 0 Å². The standard InChI is InChI=1S/C21H27N3O4S/c1-15-6-12-19(13-7-15)29(26,27)23-14-16(2)24(21(25)22(3)4)20(23)17-8-10-18(28-5)11-9-17/h6-13,16,20H,14H2,1-5H3/t16-,20+/m0/s1. The van der Waals surface area contributed by atoms with Crippen molar-refractivity contribution >= 4 is 16.1 Å². The van der Waals surface area contributed by atoms with E-state index >= 15 is 0 Å². The van der Waals surface area contributed by atoms with Crippen molar-refractivity contribution in [1.29, 1.82) is 0 Å². The van der Waals surface area contributed by atoms with Gasteiger partial charge in [0.2, 0.25) is 10.0 Å². The average Bonchev–Trinajstić information content (AvgIpc) is 3.05. The summed E-state index contributed by atoms with van der Waals surface area (Å²) in [5, 5.41) is 0. The Morgan fingerprint density at radius 1 is 1.07 bits per heavy atom. The van der Waals surface area contributed by atoms with Gasteiger partial charge in [-0.05, 0) is 43.7 Å². The van der Waals surface area contributed by atoms with Crippen molar-refractivity contribution in [3.63, 3.8) is 0 Å². The average molecular weight is 418 g/mol. The van der Waals surface area contributed by atoms with Gasteiger partial charge in [0, 0.05) is 26.7 Å². The molecule has 0 aliphatic carbocycles. The van der Waals surface area contributed by atoms with Gasteiger partial charge in [-0.1, -0.05) is 29.8 Å². The predicted octanol–water partition coefficient (Wildman–Crippen LogP) is 3.08. The third-order valence-electron chi connectivity index (χ3n) is 5.10. The smallest absolute Gasteiger partial charge is 0.321 e. The molecule has 156 valence electrons. The molecule has 1 aliphatic heterocycles. The number of benzene rings is 2. The fraction of sp³-hybridized carbons (Fsp3) is 0.381. The molecule has 2 aromatic carbocycles. The van der Waals surface area contributed by atoms with E-state index in [2.05, 4.69) is 0 Å². The lowest BCUT2D eigenvalue weighted by molar-refractivity contribution is 0.138. The van der Waals surface area contributed by atoms with Crippen LogP contribution in [-0.4, -0.2) is 62.3 Å². The van der Waals surface area contributed by atoms with Crippen LogP contribution in [0.4, 0.5) is 4.79 Å². The lowest BCUT2D eigenvalue weighted by Gasteiger charge is -2.33. The highest BCUT2D eigenvalue weighted by molar-refractivity contribution is 7.89. The molecule has 1 saturated heterocycles. The molecule has 1 heterocycles. The van der Waals surface area contributed by atoms with Crippen molar-refractivity contribution in [3.05, 3.63) is 59.7 Å². The predicted molar refractivity (Wildman–Crippen MR) is 111 cm³/mol. The maximum atomic E-state index is 13.5. The number of carbonyl (C=O) groups is 1. The van der Waals surface area contributed by atoms with E-state index in [-0.39, 0.29) is 23.5 Å². The fourth-order valence-corrected chi connectivity index (χ4v) is 5.18. The molecule has 2 aromatic rings. The van der Waals surface area contributed by atoms with Gasteiger partial charge < -0.3 is 9.64 Å². The molecule has 2 atom stereocenters.